The van der Waals surface area contributed by atoms with Crippen molar-refractivity contribution in [3.8, 4) is 0 Å². The lowest BCUT2D eigenvalue weighted by molar-refractivity contribution is -0.137. The Kier molecular flexibility index (Phi) is 5.71. The van der Waals surface area contributed by atoms with Crippen molar-refractivity contribution in [2.45, 2.75) is 32.4 Å². The number of rotatable bonds is 4. The molecule has 29 heavy (non-hydrogen) atoms. The largest absolute Gasteiger partial charge is 0.421 e. The quantitative estimate of drug-likeness (QED) is 0.480. The highest BCUT2D eigenvalue weighted by molar-refractivity contribution is 6.30. The number of anilines is 4. The summed E-state index contributed by atoms with van der Waals surface area (Å²) in [6, 6.07) is 13.9. The highest BCUT2D eigenvalue weighted by atomic mass is 35.5. The maximum absolute atomic E-state index is 13.4. The molecule has 0 fully saturated rings. The second-order valence-electron chi connectivity index (χ2n) is 7.54. The third-order valence-corrected chi connectivity index (χ3v) is 4.46. The predicted octanol–water partition coefficient (Wildman–Crippen LogP) is 6.93. The average Bonchev–Trinajstić information content (AvgIpc) is 2.62. The molecule has 0 spiro atoms. The molecule has 0 saturated carbocycles. The number of hydrogen-bond acceptors (Lipinski definition) is 4. The Morgan fingerprint density at radius 1 is 0.828 bits per heavy atom. The molecule has 2 N–H and O–H groups in total. The Balaban J connectivity index is 1.91. The van der Waals surface area contributed by atoms with Crippen LogP contribution >= 0.6 is 11.6 Å². The number of nitrogens with one attached hydrogen (secondary N) is 2. The van der Waals surface area contributed by atoms with Crippen LogP contribution in [0.1, 0.15) is 31.9 Å². The Morgan fingerprint density at radius 2 is 1.38 bits per heavy atom. The van der Waals surface area contributed by atoms with Crippen LogP contribution in [-0.2, 0) is 11.6 Å². The summed E-state index contributed by atoms with van der Waals surface area (Å²) in [5.74, 6) is -0.290. The second kappa shape index (κ2) is 7.91. The molecule has 3 aromatic rings. The zero-order valence-corrected chi connectivity index (χ0v) is 16.9. The summed E-state index contributed by atoms with van der Waals surface area (Å²) in [5.41, 5.74) is 1.18. The minimum atomic E-state index is -4.59. The predicted molar refractivity (Wildman–Crippen MR) is 110 cm³/mol. The molecule has 1 aromatic heterocycles. The van der Waals surface area contributed by atoms with E-state index in [-0.39, 0.29) is 17.2 Å². The molecule has 3 rings (SSSR count). The molecule has 4 nitrogen and oxygen atoms in total. The standard InChI is InChI=1S/C21H20ClF3N4/c1-20(2,3)13-4-8-15(9-5-13)27-18-17(21(23,24)25)12-26-19(29-18)28-16-10-6-14(22)7-11-16/h4-12H,1-3H3,(H2,26,27,28,29). The van der Waals surface area contributed by atoms with E-state index >= 15 is 0 Å². The van der Waals surface area contributed by atoms with Crippen molar-refractivity contribution in [1.82, 2.24) is 9.97 Å². The van der Waals surface area contributed by atoms with E-state index in [4.69, 9.17) is 11.6 Å². The molecular weight excluding hydrogens is 401 g/mol. The smallest absolute Gasteiger partial charge is 0.340 e. The summed E-state index contributed by atoms with van der Waals surface area (Å²) in [7, 11) is 0. The van der Waals surface area contributed by atoms with Crippen LogP contribution in [0.5, 0.6) is 0 Å². The van der Waals surface area contributed by atoms with Gasteiger partial charge in [0.25, 0.3) is 0 Å². The molecule has 0 bridgehead atoms. The van der Waals surface area contributed by atoms with Gasteiger partial charge in [0.2, 0.25) is 5.95 Å². The van der Waals surface area contributed by atoms with E-state index in [0.29, 0.717) is 16.4 Å². The van der Waals surface area contributed by atoms with Gasteiger partial charge in [-0.3, -0.25) is 0 Å². The fourth-order valence-corrected chi connectivity index (χ4v) is 2.72. The first-order valence-corrected chi connectivity index (χ1v) is 9.24. The van der Waals surface area contributed by atoms with Crippen LogP contribution in [0.25, 0.3) is 0 Å². The Bertz CT molecular complexity index is 979. The van der Waals surface area contributed by atoms with Crippen molar-refractivity contribution in [3.63, 3.8) is 0 Å². The van der Waals surface area contributed by atoms with E-state index in [9.17, 15) is 13.2 Å². The molecule has 0 radical (unpaired) electrons. The number of alkyl halides is 3. The molecule has 0 unspecified atom stereocenters. The van der Waals surface area contributed by atoms with Gasteiger partial charge >= 0.3 is 6.18 Å². The molecule has 0 aliphatic rings. The van der Waals surface area contributed by atoms with Crippen molar-refractivity contribution in [2.75, 3.05) is 10.6 Å². The molecule has 152 valence electrons. The van der Waals surface area contributed by atoms with Gasteiger partial charge in [-0.25, -0.2) is 4.98 Å². The Labute approximate surface area is 172 Å². The lowest BCUT2D eigenvalue weighted by Gasteiger charge is -2.20. The van der Waals surface area contributed by atoms with Crippen molar-refractivity contribution in [2.24, 2.45) is 0 Å². The lowest BCUT2D eigenvalue weighted by Crippen LogP contribution is -2.13. The first-order chi connectivity index (χ1) is 13.5. The molecule has 2 aromatic carbocycles. The highest BCUT2D eigenvalue weighted by Gasteiger charge is 2.35. The van der Waals surface area contributed by atoms with Gasteiger partial charge in [-0.1, -0.05) is 44.5 Å². The number of nitrogens with zero attached hydrogens (tertiary/aromatic N) is 2. The summed E-state index contributed by atoms with van der Waals surface area (Å²) >= 11 is 5.85. The zero-order valence-electron chi connectivity index (χ0n) is 16.1. The van der Waals surface area contributed by atoms with Gasteiger partial charge in [0.1, 0.15) is 11.4 Å². The molecule has 8 heteroatoms. The van der Waals surface area contributed by atoms with E-state index in [2.05, 4.69) is 41.4 Å². The van der Waals surface area contributed by atoms with Gasteiger partial charge in [-0.2, -0.15) is 18.2 Å². The highest BCUT2D eigenvalue weighted by Crippen LogP contribution is 2.35. The van der Waals surface area contributed by atoms with Gasteiger partial charge in [0, 0.05) is 22.6 Å². The van der Waals surface area contributed by atoms with E-state index in [0.717, 1.165) is 11.8 Å². The Hall–Kier alpha value is -2.80. The van der Waals surface area contributed by atoms with Gasteiger partial charge in [0.05, 0.1) is 0 Å². The maximum Gasteiger partial charge on any atom is 0.421 e. The van der Waals surface area contributed by atoms with Gasteiger partial charge in [-0.15, -0.1) is 0 Å². The van der Waals surface area contributed by atoms with Crippen LogP contribution in [0.4, 0.5) is 36.3 Å². The number of benzene rings is 2. The van der Waals surface area contributed by atoms with Gasteiger partial charge in [0.15, 0.2) is 0 Å². The first-order valence-electron chi connectivity index (χ1n) is 8.87. The van der Waals surface area contributed by atoms with E-state index in [1.54, 1.807) is 36.4 Å². The summed E-state index contributed by atoms with van der Waals surface area (Å²) in [4.78, 5) is 7.83. The topological polar surface area (TPSA) is 49.8 Å². The van der Waals surface area contributed by atoms with Gasteiger partial charge < -0.3 is 10.6 Å². The first kappa shape index (κ1) is 20.9. The van der Waals surface area contributed by atoms with Crippen LogP contribution < -0.4 is 10.6 Å². The molecule has 0 atom stereocenters. The summed E-state index contributed by atoms with van der Waals surface area (Å²) in [6.07, 6.45) is -3.83. The second-order valence-corrected chi connectivity index (χ2v) is 7.97. The third kappa shape index (κ3) is 5.38. The van der Waals surface area contributed by atoms with E-state index < -0.39 is 11.7 Å². The normalized spacial score (nSPS) is 12.0. The van der Waals surface area contributed by atoms with E-state index in [1.807, 2.05) is 12.1 Å². The minimum Gasteiger partial charge on any atom is -0.340 e. The van der Waals surface area contributed by atoms with Crippen molar-refractivity contribution in [3.05, 3.63) is 70.9 Å². The maximum atomic E-state index is 13.4. The minimum absolute atomic E-state index is 0.0362. The van der Waals surface area contributed by atoms with Crippen molar-refractivity contribution in [1.29, 1.82) is 0 Å². The zero-order chi connectivity index (χ0) is 21.2. The van der Waals surface area contributed by atoms with Crippen LogP contribution in [0.3, 0.4) is 0 Å². The van der Waals surface area contributed by atoms with Gasteiger partial charge in [-0.05, 0) is 47.4 Å². The third-order valence-electron chi connectivity index (χ3n) is 4.21. The molecular formula is C21H20ClF3N4. The molecule has 0 saturated heterocycles. The summed E-state index contributed by atoms with van der Waals surface area (Å²) in [6.45, 7) is 6.20. The van der Waals surface area contributed by atoms with Crippen molar-refractivity contribution >= 4 is 34.7 Å². The lowest BCUT2D eigenvalue weighted by atomic mass is 9.87. The molecule has 0 aliphatic carbocycles. The Morgan fingerprint density at radius 3 is 1.93 bits per heavy atom. The summed E-state index contributed by atoms with van der Waals surface area (Å²) in [5, 5.41) is 6.18. The fourth-order valence-electron chi connectivity index (χ4n) is 2.60. The fraction of sp³-hybridized carbons (Fsp3) is 0.238. The molecule has 0 aliphatic heterocycles. The van der Waals surface area contributed by atoms with Crippen molar-refractivity contribution < 1.29 is 13.2 Å². The van der Waals surface area contributed by atoms with E-state index in [1.165, 1.54) is 0 Å². The number of halogens is 4. The van der Waals surface area contributed by atoms with Crippen LogP contribution in [0.15, 0.2) is 54.7 Å². The van der Waals surface area contributed by atoms with Crippen LogP contribution in [-0.4, -0.2) is 9.97 Å². The van der Waals surface area contributed by atoms with Crippen LogP contribution in [0, 0.1) is 0 Å². The van der Waals surface area contributed by atoms with Crippen LogP contribution in [0.2, 0.25) is 5.02 Å². The number of hydrogen-bond donors (Lipinski definition) is 2. The monoisotopic (exact) mass is 420 g/mol. The average molecular weight is 421 g/mol. The molecule has 1 heterocycles. The SMILES string of the molecule is CC(C)(C)c1ccc(Nc2nc(Nc3ccc(Cl)cc3)ncc2C(F)(F)F)cc1. The number of aromatic nitrogens is 2. The summed E-state index contributed by atoms with van der Waals surface area (Å²) < 4.78 is 40.3. The molecule has 0 amide bonds.